The maximum absolute atomic E-state index is 5.37. The van der Waals surface area contributed by atoms with E-state index in [1.165, 1.54) is 0 Å². The number of halogens is 1. The molecule has 0 unspecified atom stereocenters. The normalized spacial score (nSPS) is 10.9. The van der Waals surface area contributed by atoms with Crippen molar-refractivity contribution < 1.29 is 9.47 Å². The molecule has 0 aliphatic heterocycles. The fraction of sp³-hybridized carbons (Fsp3) is 0.917. The van der Waals surface area contributed by atoms with Gasteiger partial charge in [0, 0.05) is 33.4 Å². The van der Waals surface area contributed by atoms with Crippen molar-refractivity contribution in [1.29, 1.82) is 0 Å². The van der Waals surface area contributed by atoms with Crippen LogP contribution in [0.25, 0.3) is 0 Å². The Kier molecular flexibility index (Phi) is 19.0. The third-order valence-corrected chi connectivity index (χ3v) is 2.03. The zero-order valence-corrected chi connectivity index (χ0v) is 14.2. The van der Waals surface area contributed by atoms with E-state index in [0.29, 0.717) is 13.2 Å². The molecular formula is C12H28IN3O2. The summed E-state index contributed by atoms with van der Waals surface area (Å²) in [6.07, 6.45) is 2.04. The van der Waals surface area contributed by atoms with Crippen molar-refractivity contribution in [3.05, 3.63) is 0 Å². The highest BCUT2D eigenvalue weighted by atomic mass is 127. The molecule has 0 aromatic rings. The molecule has 0 radical (unpaired) electrons. The molecule has 110 valence electrons. The molecule has 0 heterocycles. The first-order valence-corrected chi connectivity index (χ1v) is 6.44. The smallest absolute Gasteiger partial charge is 0.191 e. The quantitative estimate of drug-likeness (QED) is 0.265. The number of aliphatic imine (C=N–C) groups is 1. The lowest BCUT2D eigenvalue weighted by molar-refractivity contribution is 0.0698. The number of ether oxygens (including phenoxy) is 2. The highest BCUT2D eigenvalue weighted by molar-refractivity contribution is 14.0. The van der Waals surface area contributed by atoms with Crippen LogP contribution in [0.5, 0.6) is 0 Å². The second-order valence-corrected chi connectivity index (χ2v) is 3.65. The van der Waals surface area contributed by atoms with Gasteiger partial charge < -0.3 is 20.1 Å². The molecule has 0 aliphatic rings. The third kappa shape index (κ3) is 14.0. The molecule has 0 aliphatic carbocycles. The van der Waals surface area contributed by atoms with E-state index in [4.69, 9.17) is 9.47 Å². The molecule has 0 amide bonds. The molecule has 0 atom stereocenters. The van der Waals surface area contributed by atoms with E-state index in [0.717, 1.165) is 45.0 Å². The Hall–Kier alpha value is -0.0800. The van der Waals surface area contributed by atoms with Crippen molar-refractivity contribution in [3.63, 3.8) is 0 Å². The van der Waals surface area contributed by atoms with E-state index in [2.05, 4.69) is 29.5 Å². The minimum absolute atomic E-state index is 0. The summed E-state index contributed by atoms with van der Waals surface area (Å²) in [5.74, 6) is 0.895. The van der Waals surface area contributed by atoms with Gasteiger partial charge in [0.1, 0.15) is 0 Å². The Labute approximate surface area is 128 Å². The lowest BCUT2D eigenvalue weighted by Gasteiger charge is -2.11. The van der Waals surface area contributed by atoms with Crippen molar-refractivity contribution >= 4 is 29.9 Å². The number of rotatable bonds is 10. The average Bonchev–Trinajstić information content (AvgIpc) is 2.34. The van der Waals surface area contributed by atoms with E-state index < -0.39 is 0 Å². The van der Waals surface area contributed by atoms with Crippen LogP contribution in [0.4, 0.5) is 0 Å². The number of hydrogen-bond acceptors (Lipinski definition) is 3. The van der Waals surface area contributed by atoms with Gasteiger partial charge in [0.05, 0.1) is 13.2 Å². The molecule has 0 rings (SSSR count). The van der Waals surface area contributed by atoms with Gasteiger partial charge in [-0.2, -0.15) is 0 Å². The zero-order chi connectivity index (χ0) is 12.8. The molecule has 6 heteroatoms. The topological polar surface area (TPSA) is 54.9 Å². The van der Waals surface area contributed by atoms with Gasteiger partial charge in [-0.05, 0) is 19.8 Å². The minimum atomic E-state index is 0. The Balaban J connectivity index is 0. The summed E-state index contributed by atoms with van der Waals surface area (Å²) in [5.41, 5.74) is 0. The average molecular weight is 373 g/mol. The van der Waals surface area contributed by atoms with Gasteiger partial charge in [0.2, 0.25) is 0 Å². The summed E-state index contributed by atoms with van der Waals surface area (Å²) in [7, 11) is 1.68. The first-order valence-electron chi connectivity index (χ1n) is 6.44. The highest BCUT2D eigenvalue weighted by Crippen LogP contribution is 1.83. The van der Waals surface area contributed by atoms with Gasteiger partial charge in [0.25, 0.3) is 0 Å². The fourth-order valence-corrected chi connectivity index (χ4v) is 1.19. The van der Waals surface area contributed by atoms with Gasteiger partial charge in [0.15, 0.2) is 5.96 Å². The van der Waals surface area contributed by atoms with Crippen molar-refractivity contribution in [2.45, 2.75) is 26.7 Å². The first kappa shape index (κ1) is 20.2. The second kappa shape index (κ2) is 16.9. The van der Waals surface area contributed by atoms with E-state index in [1.807, 2.05) is 0 Å². The van der Waals surface area contributed by atoms with Gasteiger partial charge in [-0.25, -0.2) is 0 Å². The summed E-state index contributed by atoms with van der Waals surface area (Å²) in [4.78, 5) is 4.41. The molecule has 0 saturated carbocycles. The van der Waals surface area contributed by atoms with E-state index in [1.54, 1.807) is 7.11 Å². The van der Waals surface area contributed by atoms with Gasteiger partial charge >= 0.3 is 0 Å². The van der Waals surface area contributed by atoms with Crippen LogP contribution >= 0.6 is 24.0 Å². The summed E-state index contributed by atoms with van der Waals surface area (Å²) in [6.45, 7) is 8.90. The zero-order valence-electron chi connectivity index (χ0n) is 11.8. The number of hydrogen-bond donors (Lipinski definition) is 2. The number of guanidine groups is 1. The van der Waals surface area contributed by atoms with Crippen LogP contribution in [0.3, 0.4) is 0 Å². The number of nitrogens with one attached hydrogen (secondary N) is 2. The van der Waals surface area contributed by atoms with E-state index >= 15 is 0 Å². The maximum atomic E-state index is 5.37. The number of methoxy groups -OCH3 is 1. The minimum Gasteiger partial charge on any atom is -0.382 e. The van der Waals surface area contributed by atoms with Gasteiger partial charge in [-0.3, -0.25) is 4.99 Å². The van der Waals surface area contributed by atoms with Crippen LogP contribution in [0.2, 0.25) is 0 Å². The van der Waals surface area contributed by atoms with Crippen LogP contribution in [0.1, 0.15) is 26.7 Å². The SMILES string of the molecule is CCCN=C(NCC)NCCCOCCOC.I. The maximum Gasteiger partial charge on any atom is 0.191 e. The van der Waals surface area contributed by atoms with Crippen LogP contribution in [0.15, 0.2) is 4.99 Å². The summed E-state index contributed by atoms with van der Waals surface area (Å²) in [6, 6.07) is 0. The standard InChI is InChI=1S/C12H27N3O2.HI/c1-4-7-14-12(13-5-2)15-8-6-9-17-11-10-16-3;/h4-11H2,1-3H3,(H2,13,14,15);1H. The molecule has 0 fully saturated rings. The summed E-state index contributed by atoms with van der Waals surface area (Å²) in [5, 5.41) is 6.48. The van der Waals surface area contributed by atoms with Gasteiger partial charge in [-0.15, -0.1) is 24.0 Å². The van der Waals surface area contributed by atoms with Crippen LogP contribution in [-0.4, -0.2) is 52.5 Å². The van der Waals surface area contributed by atoms with Crippen LogP contribution < -0.4 is 10.6 Å². The van der Waals surface area contributed by atoms with E-state index in [-0.39, 0.29) is 24.0 Å². The van der Waals surface area contributed by atoms with Crippen molar-refractivity contribution in [3.8, 4) is 0 Å². The van der Waals surface area contributed by atoms with Crippen molar-refractivity contribution in [1.82, 2.24) is 10.6 Å². The fourth-order valence-electron chi connectivity index (χ4n) is 1.19. The Morgan fingerprint density at radius 2 is 1.89 bits per heavy atom. The lowest BCUT2D eigenvalue weighted by atomic mass is 10.4. The first-order chi connectivity index (χ1) is 8.35. The molecule has 0 aromatic carbocycles. The van der Waals surface area contributed by atoms with Crippen molar-refractivity contribution in [2.24, 2.45) is 4.99 Å². The van der Waals surface area contributed by atoms with Gasteiger partial charge in [-0.1, -0.05) is 6.92 Å². The van der Waals surface area contributed by atoms with Crippen LogP contribution in [-0.2, 0) is 9.47 Å². The molecule has 0 bridgehead atoms. The molecule has 0 saturated heterocycles. The monoisotopic (exact) mass is 373 g/mol. The lowest BCUT2D eigenvalue weighted by Crippen LogP contribution is -2.38. The summed E-state index contributed by atoms with van der Waals surface area (Å²) < 4.78 is 10.3. The Bertz CT molecular complexity index is 192. The molecular weight excluding hydrogens is 345 g/mol. The molecule has 5 nitrogen and oxygen atoms in total. The van der Waals surface area contributed by atoms with E-state index in [9.17, 15) is 0 Å². The second-order valence-electron chi connectivity index (χ2n) is 3.65. The Morgan fingerprint density at radius 1 is 1.11 bits per heavy atom. The molecule has 0 spiro atoms. The highest BCUT2D eigenvalue weighted by Gasteiger charge is 1.95. The molecule has 18 heavy (non-hydrogen) atoms. The third-order valence-electron chi connectivity index (χ3n) is 2.03. The molecule has 0 aromatic heterocycles. The predicted molar refractivity (Wildman–Crippen MR) is 87.0 cm³/mol. The molecule has 2 N–H and O–H groups in total. The largest absolute Gasteiger partial charge is 0.382 e. The van der Waals surface area contributed by atoms with Crippen molar-refractivity contribution in [2.75, 3.05) is 46.6 Å². The Morgan fingerprint density at radius 3 is 2.50 bits per heavy atom. The predicted octanol–water partition coefficient (Wildman–Crippen LogP) is 1.62. The number of nitrogens with zero attached hydrogens (tertiary/aromatic N) is 1. The van der Waals surface area contributed by atoms with Crippen LogP contribution in [0, 0.1) is 0 Å². The summed E-state index contributed by atoms with van der Waals surface area (Å²) >= 11 is 0.